The number of fused-ring (bicyclic) bond motifs is 1. The summed E-state index contributed by atoms with van der Waals surface area (Å²) in [6.07, 6.45) is 3.80. The van der Waals surface area contributed by atoms with E-state index in [1.807, 2.05) is 18.5 Å². The largest absolute Gasteiger partial charge is 0.368 e. The van der Waals surface area contributed by atoms with Gasteiger partial charge in [0.25, 0.3) is 0 Å². The van der Waals surface area contributed by atoms with Gasteiger partial charge in [0.2, 0.25) is 0 Å². The fourth-order valence-electron chi connectivity index (χ4n) is 2.65. The molecule has 1 aromatic rings. The quantitative estimate of drug-likeness (QED) is 0.652. The Bertz CT molecular complexity index is 325. The van der Waals surface area contributed by atoms with Gasteiger partial charge in [-0.05, 0) is 19.2 Å². The van der Waals surface area contributed by atoms with E-state index in [-0.39, 0.29) is 0 Å². The van der Waals surface area contributed by atoms with Crippen molar-refractivity contribution in [3.05, 3.63) is 24.5 Å². The molecule has 0 saturated carbocycles. The molecule has 3 heterocycles. The van der Waals surface area contributed by atoms with E-state index in [1.165, 1.54) is 25.3 Å². The van der Waals surface area contributed by atoms with Gasteiger partial charge in [-0.3, -0.25) is 4.98 Å². The summed E-state index contributed by atoms with van der Waals surface area (Å²) in [7, 11) is 2.22. The van der Waals surface area contributed by atoms with Crippen molar-refractivity contribution in [1.82, 2.24) is 9.88 Å². The first-order valence-corrected chi connectivity index (χ1v) is 5.20. The predicted octanol–water partition coefficient (Wildman–Crippen LogP) is 0.832. The van der Waals surface area contributed by atoms with Gasteiger partial charge < -0.3 is 9.80 Å². The highest BCUT2D eigenvalue weighted by Gasteiger charge is 2.43. The van der Waals surface area contributed by atoms with Gasteiger partial charge in [0.05, 0.1) is 11.9 Å². The Labute approximate surface area is 84.3 Å². The average molecular weight is 189 g/mol. The molecule has 0 N–H and O–H groups in total. The summed E-state index contributed by atoms with van der Waals surface area (Å²) >= 11 is 0. The summed E-state index contributed by atoms with van der Waals surface area (Å²) in [5.74, 6) is 0.889. The molecular weight excluding hydrogens is 174 g/mol. The lowest BCUT2D eigenvalue weighted by atomic mass is 9.93. The second-order valence-corrected chi connectivity index (χ2v) is 4.38. The maximum Gasteiger partial charge on any atom is 0.0553 e. The van der Waals surface area contributed by atoms with Crippen LogP contribution in [-0.4, -0.2) is 42.6 Å². The van der Waals surface area contributed by atoms with Crippen LogP contribution < -0.4 is 4.90 Å². The van der Waals surface area contributed by atoms with Crippen LogP contribution >= 0.6 is 0 Å². The summed E-state index contributed by atoms with van der Waals surface area (Å²) < 4.78 is 0. The first-order chi connectivity index (χ1) is 6.84. The van der Waals surface area contributed by atoms with E-state index in [2.05, 4.69) is 27.9 Å². The highest BCUT2D eigenvalue weighted by Crippen LogP contribution is 2.33. The van der Waals surface area contributed by atoms with Gasteiger partial charge in [-0.2, -0.15) is 0 Å². The van der Waals surface area contributed by atoms with Crippen LogP contribution in [0.15, 0.2) is 24.5 Å². The molecule has 0 unspecified atom stereocenters. The number of likely N-dealkylation sites (N-methyl/N-ethyl adjacent to an activating group) is 1. The minimum atomic E-state index is 0.787. The molecular formula is C11H15N3. The van der Waals surface area contributed by atoms with Crippen molar-refractivity contribution in [3.8, 4) is 0 Å². The number of rotatable bonds is 1. The molecule has 0 spiro atoms. The molecule has 74 valence electrons. The van der Waals surface area contributed by atoms with Crippen LogP contribution in [0.3, 0.4) is 0 Å². The molecule has 2 atom stereocenters. The molecule has 2 fully saturated rings. The number of hydrogen-bond acceptors (Lipinski definition) is 3. The number of likely N-dealkylation sites (tertiary alicyclic amines) is 1. The molecule has 2 aliphatic rings. The van der Waals surface area contributed by atoms with Crippen LogP contribution in [0.2, 0.25) is 0 Å². The minimum absolute atomic E-state index is 0.787. The third kappa shape index (κ3) is 1.12. The van der Waals surface area contributed by atoms with E-state index in [0.29, 0.717) is 0 Å². The third-order valence-corrected chi connectivity index (χ3v) is 3.51. The Morgan fingerprint density at radius 3 is 2.93 bits per heavy atom. The summed E-state index contributed by atoms with van der Waals surface area (Å²) in [5.41, 5.74) is 1.27. The van der Waals surface area contributed by atoms with Gasteiger partial charge in [0.15, 0.2) is 0 Å². The van der Waals surface area contributed by atoms with Crippen molar-refractivity contribution in [2.24, 2.45) is 5.92 Å². The molecule has 14 heavy (non-hydrogen) atoms. The van der Waals surface area contributed by atoms with Crippen LogP contribution in [0, 0.1) is 5.92 Å². The van der Waals surface area contributed by atoms with Crippen molar-refractivity contribution in [2.45, 2.75) is 6.04 Å². The Hall–Kier alpha value is -1.09. The highest BCUT2D eigenvalue weighted by molar-refractivity contribution is 5.46. The summed E-state index contributed by atoms with van der Waals surface area (Å²) in [6.45, 7) is 3.65. The molecule has 3 rings (SSSR count). The number of hydrogen-bond donors (Lipinski definition) is 0. The molecule has 0 aromatic carbocycles. The first kappa shape index (κ1) is 8.24. The first-order valence-electron chi connectivity index (χ1n) is 5.20. The normalized spacial score (nSPS) is 31.4. The second-order valence-electron chi connectivity index (χ2n) is 4.38. The maximum absolute atomic E-state index is 4.16. The van der Waals surface area contributed by atoms with Crippen molar-refractivity contribution in [3.63, 3.8) is 0 Å². The average Bonchev–Trinajstić information content (AvgIpc) is 2.57. The molecule has 2 aliphatic heterocycles. The maximum atomic E-state index is 4.16. The van der Waals surface area contributed by atoms with Crippen LogP contribution in [0.4, 0.5) is 5.69 Å². The Morgan fingerprint density at radius 2 is 2.29 bits per heavy atom. The van der Waals surface area contributed by atoms with E-state index in [9.17, 15) is 0 Å². The summed E-state index contributed by atoms with van der Waals surface area (Å²) in [5, 5.41) is 0. The van der Waals surface area contributed by atoms with Crippen molar-refractivity contribution in [2.75, 3.05) is 31.6 Å². The number of anilines is 1. The van der Waals surface area contributed by atoms with Crippen LogP contribution in [0.5, 0.6) is 0 Å². The van der Waals surface area contributed by atoms with E-state index in [4.69, 9.17) is 0 Å². The zero-order valence-electron chi connectivity index (χ0n) is 8.43. The van der Waals surface area contributed by atoms with Crippen molar-refractivity contribution < 1.29 is 0 Å². The summed E-state index contributed by atoms with van der Waals surface area (Å²) in [4.78, 5) is 9.06. The monoisotopic (exact) mass is 189 g/mol. The SMILES string of the molecule is CN1C[C@@H]2CN(c3cccnc3)C[C@@H]21. The number of aromatic nitrogens is 1. The standard InChI is InChI=1S/C11H15N3/c1-13-6-9-7-14(8-11(9)13)10-3-2-4-12-5-10/h2-5,9,11H,6-8H2,1H3/t9-,11+/m1/s1. The molecule has 0 amide bonds. The molecule has 2 saturated heterocycles. The Morgan fingerprint density at radius 1 is 1.36 bits per heavy atom. The molecule has 3 heteroatoms. The Balaban J connectivity index is 1.77. The molecule has 1 aromatic heterocycles. The van der Waals surface area contributed by atoms with E-state index in [1.54, 1.807) is 0 Å². The zero-order chi connectivity index (χ0) is 9.54. The molecule has 3 nitrogen and oxygen atoms in total. The molecule has 0 bridgehead atoms. The van der Waals surface area contributed by atoms with E-state index in [0.717, 1.165) is 12.0 Å². The van der Waals surface area contributed by atoms with Gasteiger partial charge in [0.1, 0.15) is 0 Å². The van der Waals surface area contributed by atoms with E-state index >= 15 is 0 Å². The lowest BCUT2D eigenvalue weighted by molar-refractivity contribution is 0.0827. The minimum Gasteiger partial charge on any atom is -0.368 e. The Kier molecular flexibility index (Phi) is 1.74. The predicted molar refractivity (Wildman–Crippen MR) is 56.4 cm³/mol. The van der Waals surface area contributed by atoms with Gasteiger partial charge in [-0.25, -0.2) is 0 Å². The highest BCUT2D eigenvalue weighted by atomic mass is 15.3. The zero-order valence-corrected chi connectivity index (χ0v) is 8.43. The second kappa shape index (κ2) is 2.95. The molecule has 0 aliphatic carbocycles. The van der Waals surface area contributed by atoms with Gasteiger partial charge >= 0.3 is 0 Å². The van der Waals surface area contributed by atoms with Gasteiger partial charge in [-0.1, -0.05) is 0 Å². The number of nitrogens with zero attached hydrogens (tertiary/aromatic N) is 3. The summed E-state index contributed by atoms with van der Waals surface area (Å²) in [6, 6.07) is 4.95. The van der Waals surface area contributed by atoms with Crippen molar-refractivity contribution >= 4 is 5.69 Å². The van der Waals surface area contributed by atoms with Crippen LogP contribution in [0.1, 0.15) is 0 Å². The topological polar surface area (TPSA) is 19.4 Å². The van der Waals surface area contributed by atoms with Gasteiger partial charge in [0, 0.05) is 37.8 Å². The lowest BCUT2D eigenvalue weighted by Gasteiger charge is -2.40. The fourth-order valence-corrected chi connectivity index (χ4v) is 2.65. The lowest BCUT2D eigenvalue weighted by Crippen LogP contribution is -2.52. The third-order valence-electron chi connectivity index (χ3n) is 3.51. The van der Waals surface area contributed by atoms with Crippen molar-refractivity contribution in [1.29, 1.82) is 0 Å². The smallest absolute Gasteiger partial charge is 0.0553 e. The fraction of sp³-hybridized carbons (Fsp3) is 0.545. The molecule has 0 radical (unpaired) electrons. The van der Waals surface area contributed by atoms with Crippen LogP contribution in [0.25, 0.3) is 0 Å². The van der Waals surface area contributed by atoms with E-state index < -0.39 is 0 Å². The van der Waals surface area contributed by atoms with Gasteiger partial charge in [-0.15, -0.1) is 0 Å². The number of pyridine rings is 1. The van der Waals surface area contributed by atoms with Crippen LogP contribution in [-0.2, 0) is 0 Å².